The van der Waals surface area contributed by atoms with Crippen molar-refractivity contribution in [1.82, 2.24) is 15.1 Å². The summed E-state index contributed by atoms with van der Waals surface area (Å²) >= 11 is 1.38. The van der Waals surface area contributed by atoms with Gasteiger partial charge in [0.15, 0.2) is 0 Å². The van der Waals surface area contributed by atoms with Crippen molar-refractivity contribution in [1.29, 1.82) is 0 Å². The molecular formula is C15H14N4O2S. The number of thiazole rings is 1. The van der Waals surface area contributed by atoms with E-state index in [0.29, 0.717) is 11.0 Å². The molecule has 1 aromatic carbocycles. The minimum absolute atomic E-state index is 0.521. The molecule has 1 aliphatic carbocycles. The van der Waals surface area contributed by atoms with Crippen LogP contribution in [-0.2, 0) is 0 Å². The normalized spacial score (nSPS) is 14.0. The number of aromatic nitrogens is 3. The average molecular weight is 314 g/mol. The summed E-state index contributed by atoms with van der Waals surface area (Å²) in [5.41, 5.74) is 1.07. The van der Waals surface area contributed by atoms with E-state index in [4.69, 9.17) is 9.26 Å². The molecule has 1 fully saturated rings. The van der Waals surface area contributed by atoms with Gasteiger partial charge in [-0.3, -0.25) is 0 Å². The number of nitrogens with zero attached hydrogens (tertiary/aromatic N) is 3. The van der Waals surface area contributed by atoms with Gasteiger partial charge in [0.25, 0.3) is 5.19 Å². The van der Waals surface area contributed by atoms with Crippen LogP contribution < -0.4 is 10.1 Å². The molecular weight excluding hydrogens is 300 g/mol. The Hall–Kier alpha value is -2.41. The van der Waals surface area contributed by atoms with Gasteiger partial charge < -0.3 is 14.6 Å². The Kier molecular flexibility index (Phi) is 3.48. The van der Waals surface area contributed by atoms with Crippen molar-refractivity contribution in [3.8, 4) is 21.6 Å². The molecule has 4 rings (SSSR count). The molecule has 22 heavy (non-hydrogen) atoms. The molecule has 2 heterocycles. The average Bonchev–Trinajstić information content (AvgIpc) is 3.00. The van der Waals surface area contributed by atoms with Crippen LogP contribution in [0.25, 0.3) is 10.7 Å². The van der Waals surface area contributed by atoms with Crippen LogP contribution in [0.15, 0.2) is 41.4 Å². The predicted octanol–water partition coefficient (Wildman–Crippen LogP) is 3.81. The molecule has 2 aromatic heterocycles. The first-order chi connectivity index (χ1) is 10.9. The lowest BCUT2D eigenvalue weighted by Gasteiger charge is -2.07. The van der Waals surface area contributed by atoms with E-state index in [2.05, 4.69) is 20.4 Å². The molecule has 0 spiro atoms. The number of rotatable bonds is 6. The number of nitrogens with one attached hydrogen (secondary N) is 1. The lowest BCUT2D eigenvalue weighted by atomic mass is 10.3. The molecule has 0 unspecified atom stereocenters. The summed E-state index contributed by atoms with van der Waals surface area (Å²) in [5.74, 6) is 2.11. The van der Waals surface area contributed by atoms with E-state index in [9.17, 15) is 0 Å². The van der Waals surface area contributed by atoms with Crippen LogP contribution >= 0.6 is 11.3 Å². The van der Waals surface area contributed by atoms with E-state index in [1.165, 1.54) is 30.6 Å². The Morgan fingerprint density at radius 3 is 3.09 bits per heavy atom. The van der Waals surface area contributed by atoms with Gasteiger partial charge in [0.05, 0.1) is 11.1 Å². The summed E-state index contributed by atoms with van der Waals surface area (Å²) < 4.78 is 10.5. The maximum atomic E-state index is 5.80. The highest BCUT2D eigenvalue weighted by Gasteiger charge is 2.20. The third-order valence-corrected chi connectivity index (χ3v) is 4.27. The van der Waals surface area contributed by atoms with Crippen LogP contribution in [-0.4, -0.2) is 21.7 Å². The molecule has 0 atom stereocenters. The van der Waals surface area contributed by atoms with Gasteiger partial charge in [0.1, 0.15) is 5.75 Å². The van der Waals surface area contributed by atoms with E-state index in [1.54, 1.807) is 6.20 Å². The molecule has 0 bridgehead atoms. The van der Waals surface area contributed by atoms with Gasteiger partial charge in [0.2, 0.25) is 12.2 Å². The van der Waals surface area contributed by atoms with Crippen LogP contribution in [0.4, 0.5) is 5.69 Å². The fourth-order valence-corrected chi connectivity index (χ4v) is 2.76. The van der Waals surface area contributed by atoms with Crippen LogP contribution in [0.2, 0.25) is 0 Å². The number of hydrogen-bond acceptors (Lipinski definition) is 7. The first kappa shape index (κ1) is 13.3. The van der Waals surface area contributed by atoms with Crippen LogP contribution in [0, 0.1) is 5.92 Å². The molecule has 3 aromatic rings. The topological polar surface area (TPSA) is 73.1 Å². The van der Waals surface area contributed by atoms with Gasteiger partial charge in [-0.05, 0) is 30.9 Å². The van der Waals surface area contributed by atoms with E-state index < -0.39 is 0 Å². The van der Waals surface area contributed by atoms with Gasteiger partial charge in [0, 0.05) is 18.3 Å². The Bertz CT molecular complexity index is 753. The Balaban J connectivity index is 1.45. The SMILES string of the molecule is c1cc(NCC2CC2)cc(Oc2ncc(-c3ncon3)s2)c1. The molecule has 112 valence electrons. The molecule has 1 saturated carbocycles. The molecule has 0 amide bonds. The molecule has 1 aliphatic rings. The second-order valence-corrected chi connectivity index (χ2v) is 6.19. The van der Waals surface area contributed by atoms with E-state index in [-0.39, 0.29) is 0 Å². The predicted molar refractivity (Wildman–Crippen MR) is 83.1 cm³/mol. The highest BCUT2D eigenvalue weighted by Crippen LogP contribution is 2.33. The van der Waals surface area contributed by atoms with Gasteiger partial charge >= 0.3 is 0 Å². The summed E-state index contributed by atoms with van der Waals surface area (Å²) in [5, 5.41) is 7.77. The van der Waals surface area contributed by atoms with E-state index in [1.807, 2.05) is 24.3 Å². The summed E-state index contributed by atoms with van der Waals surface area (Å²) in [7, 11) is 0. The summed E-state index contributed by atoms with van der Waals surface area (Å²) in [6, 6.07) is 7.91. The zero-order chi connectivity index (χ0) is 14.8. The zero-order valence-corrected chi connectivity index (χ0v) is 12.5. The smallest absolute Gasteiger partial charge is 0.279 e. The molecule has 0 aliphatic heterocycles. The number of anilines is 1. The summed E-state index contributed by atoms with van der Waals surface area (Å²) in [4.78, 5) is 9.04. The van der Waals surface area contributed by atoms with Crippen molar-refractivity contribution >= 4 is 17.0 Å². The molecule has 0 radical (unpaired) electrons. The Morgan fingerprint density at radius 1 is 1.32 bits per heavy atom. The van der Waals surface area contributed by atoms with Gasteiger partial charge in [-0.2, -0.15) is 4.98 Å². The zero-order valence-electron chi connectivity index (χ0n) is 11.7. The van der Waals surface area contributed by atoms with E-state index >= 15 is 0 Å². The fraction of sp³-hybridized carbons (Fsp3) is 0.267. The van der Waals surface area contributed by atoms with Crippen LogP contribution in [0.3, 0.4) is 0 Å². The molecule has 0 saturated heterocycles. The summed E-state index contributed by atoms with van der Waals surface area (Å²) in [6.45, 7) is 1.03. The minimum Gasteiger partial charge on any atom is -0.431 e. The second kappa shape index (κ2) is 5.76. The molecule has 6 nitrogen and oxygen atoms in total. The number of hydrogen-bond donors (Lipinski definition) is 1. The lowest BCUT2D eigenvalue weighted by Crippen LogP contribution is -2.02. The lowest BCUT2D eigenvalue weighted by molar-refractivity contribution is 0.419. The maximum absolute atomic E-state index is 5.80. The maximum Gasteiger partial charge on any atom is 0.279 e. The van der Waals surface area contributed by atoms with Gasteiger partial charge in [-0.1, -0.05) is 22.6 Å². The number of benzene rings is 1. The van der Waals surface area contributed by atoms with Crippen molar-refractivity contribution in [2.24, 2.45) is 5.92 Å². The van der Waals surface area contributed by atoms with Gasteiger partial charge in [-0.15, -0.1) is 0 Å². The van der Waals surface area contributed by atoms with Crippen molar-refractivity contribution in [3.05, 3.63) is 36.9 Å². The van der Waals surface area contributed by atoms with Crippen LogP contribution in [0.5, 0.6) is 10.9 Å². The van der Waals surface area contributed by atoms with E-state index in [0.717, 1.165) is 28.8 Å². The molecule has 1 N–H and O–H groups in total. The minimum atomic E-state index is 0.521. The number of ether oxygens (including phenoxy) is 1. The third-order valence-electron chi connectivity index (χ3n) is 3.40. The van der Waals surface area contributed by atoms with Crippen LogP contribution in [0.1, 0.15) is 12.8 Å². The van der Waals surface area contributed by atoms with Crippen molar-refractivity contribution in [3.63, 3.8) is 0 Å². The second-order valence-electron chi connectivity index (χ2n) is 5.20. The monoisotopic (exact) mass is 314 g/mol. The molecule has 7 heteroatoms. The van der Waals surface area contributed by atoms with Gasteiger partial charge in [-0.25, -0.2) is 4.98 Å². The highest BCUT2D eigenvalue weighted by atomic mass is 32.1. The van der Waals surface area contributed by atoms with Crippen molar-refractivity contribution in [2.75, 3.05) is 11.9 Å². The Labute approximate surface area is 131 Å². The summed E-state index contributed by atoms with van der Waals surface area (Å²) in [6.07, 6.45) is 5.65. The largest absolute Gasteiger partial charge is 0.431 e. The third kappa shape index (κ3) is 3.09. The van der Waals surface area contributed by atoms with Crippen molar-refractivity contribution in [2.45, 2.75) is 12.8 Å². The Morgan fingerprint density at radius 2 is 2.27 bits per heavy atom. The highest BCUT2D eigenvalue weighted by molar-refractivity contribution is 7.16. The quantitative estimate of drug-likeness (QED) is 0.746. The standard InChI is InChI=1S/C15H14N4O2S/c1-2-11(16-7-10-4-5-10)6-12(3-1)21-15-17-8-13(22-15)14-18-9-20-19-14/h1-3,6,8-10,16H,4-5,7H2. The first-order valence-electron chi connectivity index (χ1n) is 7.11. The van der Waals surface area contributed by atoms with Crippen molar-refractivity contribution < 1.29 is 9.26 Å². The fourth-order valence-electron chi connectivity index (χ4n) is 2.04. The first-order valence-corrected chi connectivity index (χ1v) is 7.93.